The van der Waals surface area contributed by atoms with Gasteiger partial charge in [0.05, 0.1) is 15.6 Å². The summed E-state index contributed by atoms with van der Waals surface area (Å²) >= 11 is 7.23. The molecular formula is C9H14ClNO2S2. The average molecular weight is 268 g/mol. The van der Waals surface area contributed by atoms with Crippen molar-refractivity contribution >= 4 is 32.8 Å². The van der Waals surface area contributed by atoms with Crippen LogP contribution in [0.15, 0.2) is 12.1 Å². The summed E-state index contributed by atoms with van der Waals surface area (Å²) in [6.07, 6.45) is 1.25. The van der Waals surface area contributed by atoms with Gasteiger partial charge >= 0.3 is 0 Å². The van der Waals surface area contributed by atoms with Gasteiger partial charge in [-0.3, -0.25) is 0 Å². The molecular weight excluding hydrogens is 254 g/mol. The van der Waals surface area contributed by atoms with Crippen molar-refractivity contribution in [2.24, 2.45) is 0 Å². The molecule has 0 aliphatic rings. The molecule has 1 aromatic rings. The fourth-order valence-corrected chi connectivity index (χ4v) is 3.49. The number of rotatable bonds is 4. The topological polar surface area (TPSA) is 46.2 Å². The molecule has 0 saturated carbocycles. The Hall–Kier alpha value is -0.100. The van der Waals surface area contributed by atoms with Crippen LogP contribution in [0.5, 0.6) is 0 Å². The molecule has 0 saturated heterocycles. The highest BCUT2D eigenvalue weighted by Gasteiger charge is 2.27. The van der Waals surface area contributed by atoms with Gasteiger partial charge in [-0.2, -0.15) is 0 Å². The third-order valence-electron chi connectivity index (χ3n) is 2.36. The van der Waals surface area contributed by atoms with Gasteiger partial charge in [-0.25, -0.2) is 8.42 Å². The minimum Gasteiger partial charge on any atom is -0.311 e. The molecule has 0 fully saturated rings. The van der Waals surface area contributed by atoms with Crippen LogP contribution in [0.2, 0.25) is 4.34 Å². The van der Waals surface area contributed by atoms with E-state index >= 15 is 0 Å². The Labute approximate surface area is 99.4 Å². The van der Waals surface area contributed by atoms with Gasteiger partial charge in [-0.1, -0.05) is 11.6 Å². The van der Waals surface area contributed by atoms with E-state index in [1.807, 2.05) is 6.07 Å². The normalized spacial score (nSPS) is 16.3. The Balaban J connectivity index is 2.99. The van der Waals surface area contributed by atoms with Crippen LogP contribution < -0.4 is 5.32 Å². The highest BCUT2D eigenvalue weighted by molar-refractivity contribution is 7.91. The van der Waals surface area contributed by atoms with Gasteiger partial charge < -0.3 is 5.32 Å². The fraction of sp³-hybridized carbons (Fsp3) is 0.556. The van der Waals surface area contributed by atoms with Gasteiger partial charge in [-0.15, -0.1) is 11.3 Å². The van der Waals surface area contributed by atoms with E-state index in [0.29, 0.717) is 4.34 Å². The molecule has 1 aromatic heterocycles. The van der Waals surface area contributed by atoms with Crippen LogP contribution in [0.3, 0.4) is 0 Å². The summed E-state index contributed by atoms with van der Waals surface area (Å²) in [5.41, 5.74) is 0. The Morgan fingerprint density at radius 1 is 1.47 bits per heavy atom. The van der Waals surface area contributed by atoms with Crippen LogP contribution in [0, 0.1) is 0 Å². The fourth-order valence-electron chi connectivity index (χ4n) is 1.35. The second-order valence-electron chi connectivity index (χ2n) is 3.44. The predicted octanol–water partition coefficient (Wildman–Crippen LogP) is 2.10. The van der Waals surface area contributed by atoms with E-state index in [0.717, 1.165) is 4.88 Å². The summed E-state index contributed by atoms with van der Waals surface area (Å²) in [6.45, 7) is 1.70. The molecule has 0 spiro atoms. The van der Waals surface area contributed by atoms with Crippen molar-refractivity contribution in [2.75, 3.05) is 13.3 Å². The molecule has 15 heavy (non-hydrogen) atoms. The van der Waals surface area contributed by atoms with Gasteiger partial charge in [0.1, 0.15) is 0 Å². The van der Waals surface area contributed by atoms with Gasteiger partial charge in [0, 0.05) is 11.1 Å². The van der Waals surface area contributed by atoms with Crippen molar-refractivity contribution in [1.82, 2.24) is 5.32 Å². The maximum atomic E-state index is 11.4. The van der Waals surface area contributed by atoms with Crippen molar-refractivity contribution in [1.29, 1.82) is 0 Å². The third-order valence-corrected chi connectivity index (χ3v) is 5.29. The molecule has 2 atom stereocenters. The van der Waals surface area contributed by atoms with Gasteiger partial charge in [-0.05, 0) is 26.1 Å². The molecule has 86 valence electrons. The van der Waals surface area contributed by atoms with Gasteiger partial charge in [0.25, 0.3) is 0 Å². The number of sulfone groups is 1. The van der Waals surface area contributed by atoms with Crippen LogP contribution in [-0.2, 0) is 9.84 Å². The smallest absolute Gasteiger partial charge is 0.151 e. The molecule has 1 heterocycles. The first-order valence-corrected chi connectivity index (χ1v) is 7.62. The number of hydrogen-bond donors (Lipinski definition) is 1. The van der Waals surface area contributed by atoms with Gasteiger partial charge in [0.15, 0.2) is 9.84 Å². The Morgan fingerprint density at radius 3 is 2.40 bits per heavy atom. The summed E-state index contributed by atoms with van der Waals surface area (Å²) in [5.74, 6) is 0. The summed E-state index contributed by atoms with van der Waals surface area (Å²) in [5, 5.41) is 2.55. The lowest BCUT2D eigenvalue weighted by Gasteiger charge is -2.20. The molecule has 0 bridgehead atoms. The number of nitrogens with one attached hydrogen (secondary N) is 1. The second kappa shape index (κ2) is 4.82. The van der Waals surface area contributed by atoms with Crippen LogP contribution in [0.1, 0.15) is 17.8 Å². The Bertz CT molecular complexity index is 427. The predicted molar refractivity (Wildman–Crippen MR) is 65.4 cm³/mol. The zero-order valence-electron chi connectivity index (χ0n) is 8.82. The van der Waals surface area contributed by atoms with Crippen LogP contribution in [0.25, 0.3) is 0 Å². The standard InChI is InChI=1S/C9H14ClNO2S2/c1-6(15(3,12)13)9(11-2)7-4-5-8(10)14-7/h4-6,9,11H,1-3H3. The first-order chi connectivity index (χ1) is 6.86. The molecule has 0 aliphatic carbocycles. The maximum Gasteiger partial charge on any atom is 0.151 e. The maximum absolute atomic E-state index is 11.4. The molecule has 0 amide bonds. The van der Waals surface area contributed by atoms with E-state index in [2.05, 4.69) is 5.32 Å². The minimum atomic E-state index is -3.05. The lowest BCUT2D eigenvalue weighted by Crippen LogP contribution is -2.32. The highest BCUT2D eigenvalue weighted by Crippen LogP contribution is 2.30. The zero-order chi connectivity index (χ0) is 11.6. The number of hydrogen-bond acceptors (Lipinski definition) is 4. The third kappa shape index (κ3) is 3.17. The van der Waals surface area contributed by atoms with E-state index in [-0.39, 0.29) is 6.04 Å². The molecule has 0 radical (unpaired) electrons. The van der Waals surface area contributed by atoms with Crippen LogP contribution in [0.4, 0.5) is 0 Å². The molecule has 0 aromatic carbocycles. The molecule has 0 aliphatic heterocycles. The summed E-state index contributed by atoms with van der Waals surface area (Å²) in [4.78, 5) is 0.945. The molecule has 3 nitrogen and oxygen atoms in total. The number of halogens is 1. The number of thiophene rings is 1. The average Bonchev–Trinajstić information content (AvgIpc) is 2.51. The molecule has 2 unspecified atom stereocenters. The molecule has 6 heteroatoms. The van der Waals surface area contributed by atoms with E-state index in [4.69, 9.17) is 11.6 Å². The van der Waals surface area contributed by atoms with Crippen LogP contribution in [-0.4, -0.2) is 27.0 Å². The lowest BCUT2D eigenvalue weighted by molar-refractivity contribution is 0.540. The quantitative estimate of drug-likeness (QED) is 0.909. The first-order valence-electron chi connectivity index (χ1n) is 4.47. The summed E-state index contributed by atoms with van der Waals surface area (Å²) < 4.78 is 23.6. The van der Waals surface area contributed by atoms with Crippen molar-refractivity contribution in [2.45, 2.75) is 18.2 Å². The zero-order valence-corrected chi connectivity index (χ0v) is 11.2. The Kier molecular flexibility index (Phi) is 4.17. The monoisotopic (exact) mass is 267 g/mol. The van der Waals surface area contributed by atoms with E-state index in [1.54, 1.807) is 20.0 Å². The molecule has 1 N–H and O–H groups in total. The summed E-state index contributed by atoms with van der Waals surface area (Å²) in [6, 6.07) is 3.44. The van der Waals surface area contributed by atoms with Crippen molar-refractivity contribution in [3.05, 3.63) is 21.3 Å². The second-order valence-corrected chi connectivity index (χ2v) is 7.59. The first kappa shape index (κ1) is 13.0. The summed E-state index contributed by atoms with van der Waals surface area (Å²) in [7, 11) is -1.30. The minimum absolute atomic E-state index is 0.197. The SMILES string of the molecule is CNC(c1ccc(Cl)s1)C(C)S(C)(=O)=O. The molecule has 1 rings (SSSR count). The van der Waals surface area contributed by atoms with Crippen molar-refractivity contribution in [3.63, 3.8) is 0 Å². The van der Waals surface area contributed by atoms with Crippen LogP contribution >= 0.6 is 22.9 Å². The largest absolute Gasteiger partial charge is 0.311 e. The highest BCUT2D eigenvalue weighted by atomic mass is 35.5. The van der Waals surface area contributed by atoms with Crippen molar-refractivity contribution < 1.29 is 8.42 Å². The van der Waals surface area contributed by atoms with E-state index in [1.165, 1.54) is 17.6 Å². The lowest BCUT2D eigenvalue weighted by atomic mass is 10.2. The van der Waals surface area contributed by atoms with E-state index in [9.17, 15) is 8.42 Å². The van der Waals surface area contributed by atoms with Gasteiger partial charge in [0.2, 0.25) is 0 Å². The van der Waals surface area contributed by atoms with Crippen molar-refractivity contribution in [3.8, 4) is 0 Å². The Morgan fingerprint density at radius 2 is 2.07 bits per heavy atom. The van der Waals surface area contributed by atoms with E-state index < -0.39 is 15.1 Å².